The summed E-state index contributed by atoms with van der Waals surface area (Å²) in [5.74, 6) is 1.14. The van der Waals surface area contributed by atoms with Crippen molar-refractivity contribution >= 4 is 5.91 Å². The van der Waals surface area contributed by atoms with Crippen LogP contribution in [0.1, 0.15) is 38.3 Å². The van der Waals surface area contributed by atoms with Gasteiger partial charge in [0.2, 0.25) is 5.91 Å². The molecule has 3 nitrogen and oxygen atoms in total. The predicted octanol–water partition coefficient (Wildman–Crippen LogP) is 2.67. The predicted molar refractivity (Wildman–Crippen MR) is 66.9 cm³/mol. The summed E-state index contributed by atoms with van der Waals surface area (Å²) in [7, 11) is 0. The second-order valence-electron chi connectivity index (χ2n) is 4.42. The Balaban J connectivity index is 2.04. The van der Waals surface area contributed by atoms with Crippen LogP contribution in [0.25, 0.3) is 0 Å². The molecular formula is C14H19NO2. The molecule has 1 atom stereocenters. The third-order valence-corrected chi connectivity index (χ3v) is 3.37. The highest BCUT2D eigenvalue weighted by Gasteiger charge is 2.26. The van der Waals surface area contributed by atoms with Crippen LogP contribution in [-0.2, 0) is 4.79 Å². The number of benzene rings is 1. The second-order valence-corrected chi connectivity index (χ2v) is 4.42. The van der Waals surface area contributed by atoms with Crippen LogP contribution >= 0.6 is 0 Å². The van der Waals surface area contributed by atoms with Crippen LogP contribution in [0.4, 0.5) is 0 Å². The van der Waals surface area contributed by atoms with Crippen LogP contribution in [0.2, 0.25) is 0 Å². The van der Waals surface area contributed by atoms with Gasteiger partial charge >= 0.3 is 0 Å². The Hall–Kier alpha value is -1.51. The molecule has 0 fully saturated rings. The number of rotatable bonds is 4. The summed E-state index contributed by atoms with van der Waals surface area (Å²) in [6.45, 7) is 4.64. The second kappa shape index (κ2) is 5.21. The van der Waals surface area contributed by atoms with Crippen LogP contribution in [0, 0.1) is 5.92 Å². The van der Waals surface area contributed by atoms with E-state index in [-0.39, 0.29) is 17.9 Å². The van der Waals surface area contributed by atoms with E-state index >= 15 is 0 Å². The van der Waals surface area contributed by atoms with Crippen molar-refractivity contribution in [3.05, 3.63) is 29.8 Å². The Morgan fingerprint density at radius 2 is 2.12 bits per heavy atom. The molecule has 0 aliphatic carbocycles. The first kappa shape index (κ1) is 12.0. The molecule has 1 amide bonds. The van der Waals surface area contributed by atoms with Crippen molar-refractivity contribution in [3.8, 4) is 5.75 Å². The highest BCUT2D eigenvalue weighted by Crippen LogP contribution is 2.31. The zero-order valence-electron chi connectivity index (χ0n) is 10.4. The number of fused-ring (bicyclic) bond motifs is 1. The molecule has 3 heteroatoms. The van der Waals surface area contributed by atoms with Crippen molar-refractivity contribution in [3.63, 3.8) is 0 Å². The first-order valence-corrected chi connectivity index (χ1v) is 6.28. The Kier molecular flexibility index (Phi) is 3.67. The monoisotopic (exact) mass is 233 g/mol. The SMILES string of the molecule is CCC(CC)C(=O)NC1COc2ccccc21. The molecule has 0 radical (unpaired) electrons. The molecule has 1 aliphatic rings. The van der Waals surface area contributed by atoms with Crippen LogP contribution < -0.4 is 10.1 Å². The number of carbonyl (C=O) groups excluding carboxylic acids is 1. The van der Waals surface area contributed by atoms with Crippen LogP contribution in [0.5, 0.6) is 5.75 Å². The Morgan fingerprint density at radius 3 is 2.82 bits per heavy atom. The van der Waals surface area contributed by atoms with E-state index in [0.29, 0.717) is 6.61 Å². The van der Waals surface area contributed by atoms with E-state index in [4.69, 9.17) is 4.74 Å². The molecule has 1 N–H and O–H groups in total. The van der Waals surface area contributed by atoms with Gasteiger partial charge in [-0.25, -0.2) is 0 Å². The Labute approximate surface area is 102 Å². The van der Waals surface area contributed by atoms with E-state index in [0.717, 1.165) is 24.2 Å². The van der Waals surface area contributed by atoms with Gasteiger partial charge in [-0.3, -0.25) is 4.79 Å². The zero-order chi connectivity index (χ0) is 12.3. The van der Waals surface area contributed by atoms with Gasteiger partial charge in [-0.2, -0.15) is 0 Å². The number of ether oxygens (including phenoxy) is 1. The number of carbonyl (C=O) groups is 1. The van der Waals surface area contributed by atoms with Gasteiger partial charge in [-0.05, 0) is 18.9 Å². The van der Waals surface area contributed by atoms with Gasteiger partial charge < -0.3 is 10.1 Å². The fourth-order valence-electron chi connectivity index (χ4n) is 2.23. The molecular weight excluding hydrogens is 214 g/mol. The summed E-state index contributed by atoms with van der Waals surface area (Å²) in [5.41, 5.74) is 1.09. The summed E-state index contributed by atoms with van der Waals surface area (Å²) < 4.78 is 5.54. The highest BCUT2D eigenvalue weighted by molar-refractivity contribution is 5.79. The van der Waals surface area contributed by atoms with E-state index in [2.05, 4.69) is 5.32 Å². The summed E-state index contributed by atoms with van der Waals surface area (Å²) >= 11 is 0. The third-order valence-electron chi connectivity index (χ3n) is 3.37. The van der Waals surface area contributed by atoms with Crippen LogP contribution in [-0.4, -0.2) is 12.5 Å². The van der Waals surface area contributed by atoms with Crippen molar-refractivity contribution in [1.29, 1.82) is 0 Å². The molecule has 0 saturated heterocycles. The van der Waals surface area contributed by atoms with Gasteiger partial charge in [0.15, 0.2) is 0 Å². The van der Waals surface area contributed by atoms with E-state index < -0.39 is 0 Å². The quantitative estimate of drug-likeness (QED) is 0.868. The maximum atomic E-state index is 12.0. The molecule has 0 aromatic heterocycles. The maximum Gasteiger partial charge on any atom is 0.223 e. The summed E-state index contributed by atoms with van der Waals surface area (Å²) in [6.07, 6.45) is 1.77. The average Bonchev–Trinajstić information content (AvgIpc) is 2.74. The minimum Gasteiger partial charge on any atom is -0.491 e. The molecule has 17 heavy (non-hydrogen) atoms. The fourth-order valence-corrected chi connectivity index (χ4v) is 2.23. The van der Waals surface area contributed by atoms with E-state index in [1.807, 2.05) is 38.1 Å². The molecule has 1 heterocycles. The maximum absolute atomic E-state index is 12.0. The third kappa shape index (κ3) is 2.43. The molecule has 1 aliphatic heterocycles. The lowest BCUT2D eigenvalue weighted by Crippen LogP contribution is -2.34. The van der Waals surface area contributed by atoms with E-state index in [1.54, 1.807) is 0 Å². The summed E-state index contributed by atoms with van der Waals surface area (Å²) in [6, 6.07) is 7.89. The van der Waals surface area contributed by atoms with Crippen molar-refractivity contribution in [2.75, 3.05) is 6.61 Å². The zero-order valence-corrected chi connectivity index (χ0v) is 10.4. The lowest BCUT2D eigenvalue weighted by Gasteiger charge is -2.16. The lowest BCUT2D eigenvalue weighted by atomic mass is 10.0. The minimum atomic E-state index is 0.0132. The Bertz CT molecular complexity index is 399. The van der Waals surface area contributed by atoms with Crippen molar-refractivity contribution in [2.24, 2.45) is 5.92 Å². The number of amides is 1. The molecule has 1 unspecified atom stereocenters. The molecule has 0 saturated carbocycles. The van der Waals surface area contributed by atoms with Gasteiger partial charge in [-0.1, -0.05) is 32.0 Å². The lowest BCUT2D eigenvalue weighted by molar-refractivity contribution is -0.126. The van der Waals surface area contributed by atoms with Crippen LogP contribution in [0.3, 0.4) is 0 Å². The van der Waals surface area contributed by atoms with E-state index in [1.165, 1.54) is 0 Å². The summed E-state index contributed by atoms with van der Waals surface area (Å²) in [4.78, 5) is 12.0. The molecule has 0 bridgehead atoms. The van der Waals surface area contributed by atoms with Gasteiger partial charge in [-0.15, -0.1) is 0 Å². The first-order chi connectivity index (χ1) is 8.26. The van der Waals surface area contributed by atoms with Gasteiger partial charge in [0.1, 0.15) is 12.4 Å². The number of hydrogen-bond acceptors (Lipinski definition) is 2. The number of para-hydroxylation sites is 1. The molecule has 0 spiro atoms. The van der Waals surface area contributed by atoms with Gasteiger partial charge in [0, 0.05) is 11.5 Å². The minimum absolute atomic E-state index is 0.0132. The smallest absolute Gasteiger partial charge is 0.223 e. The molecule has 1 aromatic carbocycles. The van der Waals surface area contributed by atoms with Crippen molar-refractivity contribution in [1.82, 2.24) is 5.32 Å². The normalized spacial score (nSPS) is 17.7. The molecule has 92 valence electrons. The van der Waals surface area contributed by atoms with E-state index in [9.17, 15) is 4.79 Å². The number of hydrogen-bond donors (Lipinski definition) is 1. The summed E-state index contributed by atoms with van der Waals surface area (Å²) in [5, 5.41) is 3.07. The van der Waals surface area contributed by atoms with Crippen molar-refractivity contribution in [2.45, 2.75) is 32.7 Å². The van der Waals surface area contributed by atoms with Gasteiger partial charge in [0.05, 0.1) is 6.04 Å². The molecule has 1 aromatic rings. The average molecular weight is 233 g/mol. The Morgan fingerprint density at radius 1 is 1.41 bits per heavy atom. The largest absolute Gasteiger partial charge is 0.491 e. The molecule has 2 rings (SSSR count). The number of nitrogens with one attached hydrogen (secondary N) is 1. The highest BCUT2D eigenvalue weighted by atomic mass is 16.5. The van der Waals surface area contributed by atoms with Gasteiger partial charge in [0.25, 0.3) is 0 Å². The standard InChI is InChI=1S/C14H19NO2/c1-3-10(4-2)14(16)15-12-9-17-13-8-6-5-7-11(12)13/h5-8,10,12H,3-4,9H2,1-2H3,(H,15,16). The van der Waals surface area contributed by atoms with Crippen molar-refractivity contribution < 1.29 is 9.53 Å². The fraction of sp³-hybridized carbons (Fsp3) is 0.500. The first-order valence-electron chi connectivity index (χ1n) is 6.28. The topological polar surface area (TPSA) is 38.3 Å². The van der Waals surface area contributed by atoms with Crippen LogP contribution in [0.15, 0.2) is 24.3 Å².